The summed E-state index contributed by atoms with van der Waals surface area (Å²) in [5.74, 6) is -0.581. The molecular formula is C43H48ClN5O6S3. The molecule has 0 aliphatic heterocycles. The Kier molecular flexibility index (Phi) is 15.4. The topological polar surface area (TPSA) is 154 Å². The van der Waals surface area contributed by atoms with Crippen LogP contribution >= 0.6 is 23.4 Å². The quantitative estimate of drug-likeness (QED) is 0.0484. The third-order valence-electron chi connectivity index (χ3n) is 9.30. The summed E-state index contributed by atoms with van der Waals surface area (Å²) >= 11 is 7.57. The zero-order chi connectivity index (χ0) is 41.9. The largest absolute Gasteiger partial charge is 0.384 e. The molecule has 306 valence electrons. The van der Waals surface area contributed by atoms with Crippen molar-refractivity contribution in [2.24, 2.45) is 0 Å². The number of sulfone groups is 1. The normalized spacial score (nSPS) is 12.2. The lowest BCUT2D eigenvalue weighted by Crippen LogP contribution is -2.37. The van der Waals surface area contributed by atoms with Gasteiger partial charge in [0, 0.05) is 78.4 Å². The number of hydrogen-bond donors (Lipinski definition) is 4. The van der Waals surface area contributed by atoms with Gasteiger partial charge < -0.3 is 20.9 Å². The van der Waals surface area contributed by atoms with E-state index in [4.69, 9.17) is 11.6 Å². The van der Waals surface area contributed by atoms with Gasteiger partial charge in [0.25, 0.3) is 15.9 Å². The van der Waals surface area contributed by atoms with E-state index in [0.29, 0.717) is 30.4 Å². The third-order valence-corrected chi connectivity index (χ3v) is 13.2. The standard InChI is InChI=1S/C43H48ClN5O6S3/c1-30(2)49(3)42(50)26-36(29-56-37-11-6-5-7-12-37)47-40-23-22-38(27-41(40)57(4,52)53)58(54,55)48-43(51)32-16-20-35(21-17-32)46-25-24-45-28-33-10-8-9-13-39(33)31-14-18-34(44)19-15-31/h5-23,27,30,36,45-47H,24-26,28-29H2,1-4H3,(H,48,51)/t36-/m1/s1. The monoisotopic (exact) mass is 861 g/mol. The van der Waals surface area contributed by atoms with Crippen LogP contribution in [0.4, 0.5) is 11.4 Å². The van der Waals surface area contributed by atoms with Crippen molar-refractivity contribution in [2.75, 3.05) is 42.8 Å². The minimum absolute atomic E-state index is 0.0364. The summed E-state index contributed by atoms with van der Waals surface area (Å²) in [6, 6.07) is 34.9. The summed E-state index contributed by atoms with van der Waals surface area (Å²) in [6.45, 7) is 5.70. The fourth-order valence-electron chi connectivity index (χ4n) is 5.91. The van der Waals surface area contributed by atoms with Crippen molar-refractivity contribution in [3.63, 3.8) is 0 Å². The van der Waals surface area contributed by atoms with Gasteiger partial charge in [0.05, 0.1) is 15.5 Å². The van der Waals surface area contributed by atoms with Crippen molar-refractivity contribution >= 4 is 66.4 Å². The minimum atomic E-state index is -4.48. The first-order valence-electron chi connectivity index (χ1n) is 18.6. The highest BCUT2D eigenvalue weighted by molar-refractivity contribution is 7.99. The number of rotatable bonds is 19. The van der Waals surface area contributed by atoms with Crippen molar-refractivity contribution in [3.8, 4) is 11.1 Å². The predicted octanol–water partition coefficient (Wildman–Crippen LogP) is 7.56. The van der Waals surface area contributed by atoms with E-state index in [2.05, 4.69) is 32.8 Å². The number of thioether (sulfide) groups is 1. The first-order chi connectivity index (χ1) is 27.6. The van der Waals surface area contributed by atoms with Crippen molar-refractivity contribution < 1.29 is 26.4 Å². The third kappa shape index (κ3) is 12.6. The number of benzene rings is 5. The van der Waals surface area contributed by atoms with Crippen LogP contribution in [0.3, 0.4) is 0 Å². The van der Waals surface area contributed by atoms with Gasteiger partial charge in [-0.15, -0.1) is 11.8 Å². The van der Waals surface area contributed by atoms with E-state index in [1.807, 2.05) is 80.6 Å². The SMILES string of the molecule is CC(C)N(C)C(=O)C[C@H](CSc1ccccc1)Nc1ccc(S(=O)(=O)NC(=O)c2ccc(NCCNCc3ccccc3-c3ccc(Cl)cc3)cc2)cc1S(C)(=O)=O. The first kappa shape index (κ1) is 44.2. The zero-order valence-electron chi connectivity index (χ0n) is 32.7. The average Bonchev–Trinajstić information content (AvgIpc) is 3.20. The first-order valence-corrected chi connectivity index (χ1v) is 23.3. The predicted molar refractivity (Wildman–Crippen MR) is 235 cm³/mol. The van der Waals surface area contributed by atoms with E-state index in [-0.39, 0.29) is 34.5 Å². The Hall–Kier alpha value is -4.86. The van der Waals surface area contributed by atoms with Crippen LogP contribution in [0.5, 0.6) is 0 Å². The van der Waals surface area contributed by atoms with Gasteiger partial charge in [0.15, 0.2) is 9.84 Å². The number of carbonyl (C=O) groups is 2. The van der Waals surface area contributed by atoms with Crippen LogP contribution in [-0.2, 0) is 31.2 Å². The van der Waals surface area contributed by atoms with E-state index in [1.54, 1.807) is 24.1 Å². The fraction of sp³-hybridized carbons (Fsp3) is 0.256. The van der Waals surface area contributed by atoms with E-state index in [9.17, 15) is 26.4 Å². The van der Waals surface area contributed by atoms with Crippen LogP contribution in [0.2, 0.25) is 5.02 Å². The molecule has 15 heteroatoms. The molecule has 0 spiro atoms. The summed E-state index contributed by atoms with van der Waals surface area (Å²) in [7, 11) is -6.75. The highest BCUT2D eigenvalue weighted by Gasteiger charge is 2.26. The van der Waals surface area contributed by atoms with Crippen LogP contribution in [0.1, 0.15) is 36.2 Å². The second-order valence-corrected chi connectivity index (χ2v) is 19.2. The van der Waals surface area contributed by atoms with Crippen LogP contribution < -0.4 is 20.7 Å². The lowest BCUT2D eigenvalue weighted by Gasteiger charge is -2.26. The Labute approximate surface area is 350 Å². The summed E-state index contributed by atoms with van der Waals surface area (Å²) in [5.41, 5.74) is 4.34. The summed E-state index contributed by atoms with van der Waals surface area (Å²) < 4.78 is 55.0. The minimum Gasteiger partial charge on any atom is -0.384 e. The van der Waals surface area contributed by atoms with Crippen molar-refractivity contribution in [1.29, 1.82) is 0 Å². The van der Waals surface area contributed by atoms with E-state index in [0.717, 1.165) is 39.6 Å². The van der Waals surface area contributed by atoms with Crippen LogP contribution in [-0.4, -0.2) is 77.8 Å². The molecule has 0 aliphatic rings. The van der Waals surface area contributed by atoms with E-state index < -0.39 is 36.7 Å². The maximum Gasteiger partial charge on any atom is 0.264 e. The molecule has 0 unspecified atom stereocenters. The molecule has 0 heterocycles. The number of hydrogen-bond acceptors (Lipinski definition) is 10. The maximum absolute atomic E-state index is 13.4. The van der Waals surface area contributed by atoms with Crippen LogP contribution in [0.15, 0.2) is 136 Å². The fourth-order valence-corrected chi connectivity index (χ4v) is 8.92. The van der Waals surface area contributed by atoms with Gasteiger partial charge >= 0.3 is 0 Å². The summed E-state index contributed by atoms with van der Waals surface area (Å²) in [4.78, 5) is 28.1. The molecule has 1 atom stereocenters. The van der Waals surface area contributed by atoms with Gasteiger partial charge in [0.2, 0.25) is 5.91 Å². The van der Waals surface area contributed by atoms with Gasteiger partial charge in [-0.05, 0) is 97.3 Å². The molecule has 0 saturated heterocycles. The van der Waals surface area contributed by atoms with Crippen molar-refractivity contribution in [1.82, 2.24) is 14.9 Å². The number of nitrogens with one attached hydrogen (secondary N) is 4. The lowest BCUT2D eigenvalue weighted by atomic mass is 10.00. The van der Waals surface area contributed by atoms with Crippen molar-refractivity contribution in [2.45, 2.75) is 53.6 Å². The Balaban J connectivity index is 1.20. The summed E-state index contributed by atoms with van der Waals surface area (Å²) in [6.07, 6.45) is 1.04. The van der Waals surface area contributed by atoms with Gasteiger partial charge in [-0.3, -0.25) is 9.59 Å². The molecule has 4 N–H and O–H groups in total. The number of anilines is 2. The van der Waals surface area contributed by atoms with E-state index in [1.165, 1.54) is 36.0 Å². The van der Waals surface area contributed by atoms with Gasteiger partial charge in [0.1, 0.15) is 0 Å². The number of sulfonamides is 1. The molecule has 0 fully saturated rings. The molecular weight excluding hydrogens is 814 g/mol. The van der Waals surface area contributed by atoms with Gasteiger partial charge in [-0.25, -0.2) is 21.6 Å². The molecule has 5 aromatic rings. The van der Waals surface area contributed by atoms with Crippen LogP contribution in [0.25, 0.3) is 11.1 Å². The number of carbonyl (C=O) groups excluding carboxylic acids is 2. The molecule has 58 heavy (non-hydrogen) atoms. The smallest absolute Gasteiger partial charge is 0.264 e. The maximum atomic E-state index is 13.4. The van der Waals surface area contributed by atoms with E-state index >= 15 is 0 Å². The Morgan fingerprint density at radius 3 is 2.16 bits per heavy atom. The molecule has 0 aromatic heterocycles. The Morgan fingerprint density at radius 2 is 1.48 bits per heavy atom. The molecule has 5 aromatic carbocycles. The molecule has 2 amide bonds. The molecule has 0 radical (unpaired) electrons. The lowest BCUT2D eigenvalue weighted by molar-refractivity contribution is -0.131. The molecule has 0 aliphatic carbocycles. The second kappa shape index (κ2) is 20.2. The average molecular weight is 863 g/mol. The molecule has 5 rings (SSSR count). The highest BCUT2D eigenvalue weighted by atomic mass is 35.5. The van der Waals surface area contributed by atoms with Gasteiger partial charge in [-0.1, -0.05) is 66.2 Å². The number of nitrogens with zero attached hydrogens (tertiary/aromatic N) is 1. The van der Waals surface area contributed by atoms with Gasteiger partial charge in [-0.2, -0.15) is 0 Å². The Morgan fingerprint density at radius 1 is 0.810 bits per heavy atom. The second-order valence-electron chi connectivity index (χ2n) is 14.0. The van der Waals surface area contributed by atoms with Crippen molar-refractivity contribution in [3.05, 3.63) is 137 Å². The molecule has 0 bridgehead atoms. The Bertz CT molecular complexity index is 2400. The zero-order valence-corrected chi connectivity index (χ0v) is 35.9. The number of amides is 2. The van der Waals surface area contributed by atoms with Crippen LogP contribution in [0, 0.1) is 0 Å². The number of halogens is 1. The molecule has 0 saturated carbocycles. The molecule has 11 nitrogen and oxygen atoms in total. The highest BCUT2D eigenvalue weighted by Crippen LogP contribution is 2.29. The summed E-state index contributed by atoms with van der Waals surface area (Å²) in [5, 5.41) is 10.6.